The largest absolute Gasteiger partial charge is 0.467 e. The van der Waals surface area contributed by atoms with Gasteiger partial charge in [0.05, 0.1) is 13.3 Å². The van der Waals surface area contributed by atoms with E-state index in [2.05, 4.69) is 20.6 Å². The molecule has 1 aromatic rings. The molecule has 1 saturated heterocycles. The number of hydrogen-bond donors (Lipinski definition) is 2. The third-order valence-electron chi connectivity index (χ3n) is 2.91. The SMILES string of the molecule is COc1ncc(Cl)c(NCCC2CCNC2)n1. The molecule has 94 valence electrons. The van der Waals surface area contributed by atoms with Crippen molar-refractivity contribution in [2.45, 2.75) is 12.8 Å². The second-order valence-electron chi connectivity index (χ2n) is 4.13. The first-order valence-electron chi connectivity index (χ1n) is 5.80. The highest BCUT2D eigenvalue weighted by Gasteiger charge is 2.14. The van der Waals surface area contributed by atoms with E-state index in [9.17, 15) is 0 Å². The predicted octanol–water partition coefficient (Wildman–Crippen LogP) is 1.55. The Morgan fingerprint density at radius 3 is 3.24 bits per heavy atom. The van der Waals surface area contributed by atoms with E-state index in [0.29, 0.717) is 16.9 Å². The molecule has 2 rings (SSSR count). The van der Waals surface area contributed by atoms with Crippen molar-refractivity contribution < 1.29 is 4.74 Å². The van der Waals surface area contributed by atoms with Gasteiger partial charge in [0.25, 0.3) is 0 Å². The first kappa shape index (κ1) is 12.4. The fourth-order valence-corrected chi connectivity index (χ4v) is 2.09. The third kappa shape index (κ3) is 3.44. The van der Waals surface area contributed by atoms with Gasteiger partial charge < -0.3 is 15.4 Å². The van der Waals surface area contributed by atoms with Gasteiger partial charge in [-0.3, -0.25) is 0 Å². The number of halogens is 1. The maximum Gasteiger partial charge on any atom is 0.318 e. The fraction of sp³-hybridized carbons (Fsp3) is 0.636. The normalized spacial score (nSPS) is 19.3. The smallest absolute Gasteiger partial charge is 0.318 e. The summed E-state index contributed by atoms with van der Waals surface area (Å²) in [7, 11) is 1.54. The summed E-state index contributed by atoms with van der Waals surface area (Å²) in [4.78, 5) is 8.09. The molecule has 2 heterocycles. The van der Waals surface area contributed by atoms with Crippen LogP contribution in [0, 0.1) is 5.92 Å². The summed E-state index contributed by atoms with van der Waals surface area (Å²) in [5.74, 6) is 1.40. The Hall–Kier alpha value is -1.07. The van der Waals surface area contributed by atoms with E-state index < -0.39 is 0 Å². The molecule has 6 heteroatoms. The van der Waals surface area contributed by atoms with E-state index >= 15 is 0 Å². The van der Waals surface area contributed by atoms with Gasteiger partial charge in [0, 0.05) is 6.54 Å². The van der Waals surface area contributed by atoms with Crippen molar-refractivity contribution >= 4 is 17.4 Å². The quantitative estimate of drug-likeness (QED) is 0.837. The summed E-state index contributed by atoms with van der Waals surface area (Å²) in [5.41, 5.74) is 0. The molecular weight excluding hydrogens is 240 g/mol. The van der Waals surface area contributed by atoms with Crippen molar-refractivity contribution in [3.8, 4) is 6.01 Å². The Bertz CT molecular complexity index is 368. The van der Waals surface area contributed by atoms with E-state index in [0.717, 1.165) is 32.0 Å². The second-order valence-corrected chi connectivity index (χ2v) is 4.53. The summed E-state index contributed by atoms with van der Waals surface area (Å²) >= 11 is 5.99. The van der Waals surface area contributed by atoms with E-state index in [4.69, 9.17) is 16.3 Å². The molecule has 0 bridgehead atoms. The maximum atomic E-state index is 5.99. The molecule has 1 aliphatic heterocycles. The van der Waals surface area contributed by atoms with Gasteiger partial charge in [-0.15, -0.1) is 0 Å². The van der Waals surface area contributed by atoms with Gasteiger partial charge in [0.1, 0.15) is 5.02 Å². The molecule has 0 aromatic carbocycles. The molecule has 0 amide bonds. The van der Waals surface area contributed by atoms with Gasteiger partial charge in [-0.25, -0.2) is 4.98 Å². The lowest BCUT2D eigenvalue weighted by Gasteiger charge is -2.11. The van der Waals surface area contributed by atoms with E-state index in [1.807, 2.05) is 0 Å². The number of anilines is 1. The van der Waals surface area contributed by atoms with Crippen LogP contribution in [0.25, 0.3) is 0 Å². The molecule has 0 radical (unpaired) electrons. The highest BCUT2D eigenvalue weighted by atomic mass is 35.5. The van der Waals surface area contributed by atoms with Gasteiger partial charge in [-0.2, -0.15) is 4.98 Å². The van der Waals surface area contributed by atoms with Crippen molar-refractivity contribution in [3.63, 3.8) is 0 Å². The van der Waals surface area contributed by atoms with Crippen LogP contribution in [-0.2, 0) is 0 Å². The fourth-order valence-electron chi connectivity index (χ4n) is 1.93. The summed E-state index contributed by atoms with van der Waals surface area (Å²) in [6, 6.07) is 0.333. The monoisotopic (exact) mass is 256 g/mol. The Morgan fingerprint density at radius 2 is 2.53 bits per heavy atom. The average Bonchev–Trinajstić information content (AvgIpc) is 2.84. The molecule has 0 aliphatic carbocycles. The van der Waals surface area contributed by atoms with Crippen molar-refractivity contribution in [2.75, 3.05) is 32.1 Å². The second kappa shape index (κ2) is 6.02. The summed E-state index contributed by atoms with van der Waals surface area (Å²) in [6.07, 6.45) is 3.92. The van der Waals surface area contributed by atoms with Gasteiger partial charge in [0.2, 0.25) is 0 Å². The third-order valence-corrected chi connectivity index (χ3v) is 3.19. The minimum absolute atomic E-state index is 0.333. The molecule has 1 aromatic heterocycles. The van der Waals surface area contributed by atoms with Gasteiger partial charge in [0.15, 0.2) is 5.82 Å². The molecule has 0 saturated carbocycles. The number of ether oxygens (including phenoxy) is 1. The van der Waals surface area contributed by atoms with Crippen LogP contribution in [0.1, 0.15) is 12.8 Å². The first-order chi connectivity index (χ1) is 8.29. The Morgan fingerprint density at radius 1 is 1.65 bits per heavy atom. The molecule has 1 fully saturated rings. The maximum absolute atomic E-state index is 5.99. The van der Waals surface area contributed by atoms with Crippen LogP contribution in [0.2, 0.25) is 5.02 Å². The number of nitrogens with zero attached hydrogens (tertiary/aromatic N) is 2. The minimum atomic E-state index is 0.333. The van der Waals surface area contributed by atoms with Crippen LogP contribution in [0.4, 0.5) is 5.82 Å². The molecule has 2 N–H and O–H groups in total. The van der Waals surface area contributed by atoms with Crippen LogP contribution < -0.4 is 15.4 Å². The number of hydrogen-bond acceptors (Lipinski definition) is 5. The predicted molar refractivity (Wildman–Crippen MR) is 67.7 cm³/mol. The number of rotatable bonds is 5. The molecular formula is C11H17ClN4O. The molecule has 1 unspecified atom stereocenters. The van der Waals surface area contributed by atoms with Crippen LogP contribution in [-0.4, -0.2) is 36.7 Å². The van der Waals surface area contributed by atoms with Gasteiger partial charge >= 0.3 is 6.01 Å². The lowest BCUT2D eigenvalue weighted by atomic mass is 10.1. The van der Waals surface area contributed by atoms with Crippen LogP contribution >= 0.6 is 11.6 Å². The highest BCUT2D eigenvalue weighted by molar-refractivity contribution is 6.32. The summed E-state index contributed by atoms with van der Waals surface area (Å²) < 4.78 is 4.96. The van der Waals surface area contributed by atoms with Crippen LogP contribution in [0.3, 0.4) is 0 Å². The van der Waals surface area contributed by atoms with Crippen molar-refractivity contribution in [2.24, 2.45) is 5.92 Å². The van der Waals surface area contributed by atoms with E-state index in [1.165, 1.54) is 13.5 Å². The zero-order chi connectivity index (χ0) is 12.1. The zero-order valence-corrected chi connectivity index (χ0v) is 10.6. The molecule has 5 nitrogen and oxygen atoms in total. The lowest BCUT2D eigenvalue weighted by molar-refractivity contribution is 0.380. The van der Waals surface area contributed by atoms with E-state index in [-0.39, 0.29) is 0 Å². The van der Waals surface area contributed by atoms with Crippen LogP contribution in [0.15, 0.2) is 6.20 Å². The van der Waals surface area contributed by atoms with Crippen molar-refractivity contribution in [1.29, 1.82) is 0 Å². The number of nitrogens with one attached hydrogen (secondary N) is 2. The minimum Gasteiger partial charge on any atom is -0.467 e. The average molecular weight is 257 g/mol. The van der Waals surface area contributed by atoms with Crippen LogP contribution in [0.5, 0.6) is 6.01 Å². The Balaban J connectivity index is 1.84. The Labute approximate surface area is 106 Å². The zero-order valence-electron chi connectivity index (χ0n) is 9.87. The number of aromatic nitrogens is 2. The Kier molecular flexibility index (Phi) is 4.39. The standard InChI is InChI=1S/C11H17ClN4O/c1-17-11-15-7-9(12)10(16-11)14-5-3-8-2-4-13-6-8/h7-8,13H,2-6H2,1H3,(H,14,15,16). The first-order valence-corrected chi connectivity index (χ1v) is 6.18. The molecule has 1 aliphatic rings. The van der Waals surface area contributed by atoms with Crippen molar-refractivity contribution in [3.05, 3.63) is 11.2 Å². The van der Waals surface area contributed by atoms with Gasteiger partial charge in [-0.05, 0) is 31.8 Å². The lowest BCUT2D eigenvalue weighted by Crippen LogP contribution is -2.13. The van der Waals surface area contributed by atoms with Gasteiger partial charge in [-0.1, -0.05) is 11.6 Å². The molecule has 0 spiro atoms. The number of methoxy groups -OCH3 is 1. The van der Waals surface area contributed by atoms with Crippen molar-refractivity contribution in [1.82, 2.24) is 15.3 Å². The molecule has 1 atom stereocenters. The highest BCUT2D eigenvalue weighted by Crippen LogP contribution is 2.20. The summed E-state index contributed by atoms with van der Waals surface area (Å²) in [6.45, 7) is 3.11. The van der Waals surface area contributed by atoms with E-state index in [1.54, 1.807) is 6.20 Å². The topological polar surface area (TPSA) is 59.1 Å². The molecule has 17 heavy (non-hydrogen) atoms. The summed E-state index contributed by atoms with van der Waals surface area (Å²) in [5, 5.41) is 7.10.